The van der Waals surface area contributed by atoms with Crippen molar-refractivity contribution >= 4 is 16.9 Å². The van der Waals surface area contributed by atoms with E-state index in [1.165, 1.54) is 0 Å². The summed E-state index contributed by atoms with van der Waals surface area (Å²) in [6.45, 7) is 2.51. The lowest BCUT2D eigenvalue weighted by molar-refractivity contribution is 0.0698. The van der Waals surface area contributed by atoms with E-state index in [-0.39, 0.29) is 11.1 Å². The molecule has 0 spiro atoms. The van der Waals surface area contributed by atoms with E-state index in [2.05, 4.69) is 4.98 Å². The highest BCUT2D eigenvalue weighted by Crippen LogP contribution is 2.34. The largest absolute Gasteiger partial charge is 0.493 e. The van der Waals surface area contributed by atoms with Gasteiger partial charge in [0, 0.05) is 16.5 Å². The summed E-state index contributed by atoms with van der Waals surface area (Å²) in [7, 11) is 0. The molecule has 0 saturated heterocycles. The molecule has 1 aromatic heterocycles. The first-order valence-corrected chi connectivity index (χ1v) is 9.52. The van der Waals surface area contributed by atoms with Gasteiger partial charge < -0.3 is 9.84 Å². The first kappa shape index (κ1) is 19.2. The number of ether oxygens (including phenoxy) is 1. The maximum absolute atomic E-state index is 11.9. The molecule has 146 valence electrons. The van der Waals surface area contributed by atoms with E-state index in [9.17, 15) is 15.2 Å². The Hall–Kier alpha value is -4.17. The molecule has 30 heavy (non-hydrogen) atoms. The summed E-state index contributed by atoms with van der Waals surface area (Å²) in [5.41, 5.74) is 3.53. The number of fused-ring (bicyclic) bond motifs is 1. The van der Waals surface area contributed by atoms with Crippen LogP contribution in [0.15, 0.2) is 72.8 Å². The number of nitriles is 1. The molecular formula is C25H18N2O3. The summed E-state index contributed by atoms with van der Waals surface area (Å²) in [6, 6.07) is 24.3. The van der Waals surface area contributed by atoms with Crippen LogP contribution in [-0.2, 0) is 0 Å². The zero-order valence-electron chi connectivity index (χ0n) is 16.3. The molecule has 0 unspecified atom stereocenters. The summed E-state index contributed by atoms with van der Waals surface area (Å²) < 4.78 is 5.71. The summed E-state index contributed by atoms with van der Waals surface area (Å²) >= 11 is 0. The topological polar surface area (TPSA) is 83.2 Å². The molecule has 0 aliphatic heterocycles. The second kappa shape index (κ2) is 8.06. The van der Waals surface area contributed by atoms with Crippen molar-refractivity contribution in [2.75, 3.05) is 6.61 Å². The standard InChI is InChI=1S/C25H18N2O3/c1-2-30-22-10-6-4-7-18(22)16-11-13-17(14-12-16)24-20(15-26)23(25(28)29)19-8-3-5-9-21(19)27-24/h3-14H,2H2,1H3,(H,28,29). The van der Waals surface area contributed by atoms with E-state index in [4.69, 9.17) is 4.74 Å². The van der Waals surface area contributed by atoms with Crippen LogP contribution in [0.2, 0.25) is 0 Å². The predicted octanol–water partition coefficient (Wildman–Crippen LogP) is 5.54. The van der Waals surface area contributed by atoms with Crippen molar-refractivity contribution in [2.45, 2.75) is 6.92 Å². The van der Waals surface area contributed by atoms with Crippen LogP contribution < -0.4 is 4.74 Å². The molecule has 0 atom stereocenters. The number of benzene rings is 3. The van der Waals surface area contributed by atoms with E-state index in [1.807, 2.05) is 61.5 Å². The number of carboxylic acid groups (broad SMARTS) is 1. The molecule has 5 heteroatoms. The van der Waals surface area contributed by atoms with Gasteiger partial charge in [0.1, 0.15) is 11.8 Å². The van der Waals surface area contributed by atoms with Gasteiger partial charge in [-0.15, -0.1) is 0 Å². The smallest absolute Gasteiger partial charge is 0.337 e. The number of carbonyl (C=O) groups is 1. The lowest BCUT2D eigenvalue weighted by atomic mass is 9.96. The summed E-state index contributed by atoms with van der Waals surface area (Å²) in [6.07, 6.45) is 0. The molecule has 0 saturated carbocycles. The van der Waals surface area contributed by atoms with Crippen LogP contribution >= 0.6 is 0 Å². The van der Waals surface area contributed by atoms with E-state index in [0.29, 0.717) is 28.8 Å². The Bertz CT molecular complexity index is 1290. The van der Waals surface area contributed by atoms with Crippen LogP contribution in [0.5, 0.6) is 5.75 Å². The van der Waals surface area contributed by atoms with E-state index >= 15 is 0 Å². The predicted molar refractivity (Wildman–Crippen MR) is 115 cm³/mol. The third-order valence-electron chi connectivity index (χ3n) is 4.87. The molecule has 0 fully saturated rings. The average molecular weight is 394 g/mol. The highest BCUT2D eigenvalue weighted by Gasteiger charge is 2.21. The SMILES string of the molecule is CCOc1ccccc1-c1ccc(-c2nc3ccccc3c(C(=O)O)c2C#N)cc1. The van der Waals surface area contributed by atoms with Gasteiger partial charge in [-0.05, 0) is 24.6 Å². The van der Waals surface area contributed by atoms with Crippen molar-refractivity contribution in [3.8, 4) is 34.2 Å². The van der Waals surface area contributed by atoms with E-state index in [0.717, 1.165) is 16.9 Å². The molecular weight excluding hydrogens is 376 g/mol. The highest BCUT2D eigenvalue weighted by atomic mass is 16.5. The fraction of sp³-hybridized carbons (Fsp3) is 0.0800. The highest BCUT2D eigenvalue weighted by molar-refractivity contribution is 6.06. The maximum atomic E-state index is 11.9. The Morgan fingerprint density at radius 1 is 1.00 bits per heavy atom. The van der Waals surface area contributed by atoms with Gasteiger partial charge in [0.25, 0.3) is 0 Å². The molecule has 0 aliphatic rings. The Labute approximate surface area is 173 Å². The van der Waals surface area contributed by atoms with Crippen LogP contribution in [0.3, 0.4) is 0 Å². The fourth-order valence-corrected chi connectivity index (χ4v) is 3.55. The normalized spacial score (nSPS) is 10.5. The van der Waals surface area contributed by atoms with Gasteiger partial charge in [-0.1, -0.05) is 60.7 Å². The van der Waals surface area contributed by atoms with Crippen LogP contribution in [0.1, 0.15) is 22.8 Å². The van der Waals surface area contributed by atoms with Gasteiger partial charge in [-0.25, -0.2) is 9.78 Å². The van der Waals surface area contributed by atoms with Crippen LogP contribution in [0.25, 0.3) is 33.3 Å². The lowest BCUT2D eigenvalue weighted by Crippen LogP contribution is -2.05. The number of para-hydroxylation sites is 2. The third-order valence-corrected chi connectivity index (χ3v) is 4.87. The van der Waals surface area contributed by atoms with Crippen LogP contribution in [0, 0.1) is 11.3 Å². The molecule has 0 amide bonds. The van der Waals surface area contributed by atoms with Gasteiger partial charge >= 0.3 is 5.97 Å². The van der Waals surface area contributed by atoms with Gasteiger partial charge in [0.15, 0.2) is 0 Å². The average Bonchev–Trinajstić information content (AvgIpc) is 2.78. The molecule has 0 aliphatic carbocycles. The van der Waals surface area contributed by atoms with E-state index in [1.54, 1.807) is 24.3 Å². The van der Waals surface area contributed by atoms with Gasteiger partial charge in [0.2, 0.25) is 0 Å². The lowest BCUT2D eigenvalue weighted by Gasteiger charge is -2.12. The van der Waals surface area contributed by atoms with Crippen LogP contribution in [-0.4, -0.2) is 22.7 Å². The van der Waals surface area contributed by atoms with E-state index < -0.39 is 5.97 Å². The van der Waals surface area contributed by atoms with Crippen molar-refractivity contribution in [3.05, 3.63) is 83.9 Å². The number of aromatic nitrogens is 1. The second-order valence-electron chi connectivity index (χ2n) is 6.65. The van der Waals surface area contributed by atoms with Crippen molar-refractivity contribution in [1.29, 1.82) is 5.26 Å². The minimum Gasteiger partial charge on any atom is -0.493 e. The molecule has 0 bridgehead atoms. The Morgan fingerprint density at radius 2 is 1.67 bits per heavy atom. The zero-order valence-corrected chi connectivity index (χ0v) is 16.3. The Morgan fingerprint density at radius 3 is 2.37 bits per heavy atom. The minimum atomic E-state index is -1.14. The number of rotatable bonds is 5. The summed E-state index contributed by atoms with van der Waals surface area (Å²) in [4.78, 5) is 16.5. The van der Waals surface area contributed by atoms with Crippen molar-refractivity contribution in [2.24, 2.45) is 0 Å². The minimum absolute atomic E-state index is 0.0242. The molecule has 3 aromatic carbocycles. The van der Waals surface area contributed by atoms with Gasteiger partial charge in [0.05, 0.1) is 28.9 Å². The maximum Gasteiger partial charge on any atom is 0.337 e. The molecule has 4 aromatic rings. The zero-order chi connectivity index (χ0) is 21.1. The first-order valence-electron chi connectivity index (χ1n) is 9.52. The molecule has 0 radical (unpaired) electrons. The molecule has 1 N–H and O–H groups in total. The molecule has 1 heterocycles. The summed E-state index contributed by atoms with van der Waals surface area (Å²) in [5, 5.41) is 19.9. The molecule has 4 rings (SSSR count). The van der Waals surface area contributed by atoms with Crippen molar-refractivity contribution in [3.63, 3.8) is 0 Å². The number of hydrogen-bond donors (Lipinski definition) is 1. The van der Waals surface area contributed by atoms with Gasteiger partial charge in [-0.3, -0.25) is 0 Å². The Kier molecular flexibility index (Phi) is 5.15. The number of aromatic carboxylic acids is 1. The number of pyridine rings is 1. The number of nitrogens with zero attached hydrogens (tertiary/aromatic N) is 2. The summed E-state index contributed by atoms with van der Waals surface area (Å²) in [5.74, 6) is -0.351. The Balaban J connectivity index is 1.86. The fourth-order valence-electron chi connectivity index (χ4n) is 3.55. The van der Waals surface area contributed by atoms with Gasteiger partial charge in [-0.2, -0.15) is 5.26 Å². The van der Waals surface area contributed by atoms with Crippen molar-refractivity contribution in [1.82, 2.24) is 4.98 Å². The third kappa shape index (κ3) is 3.36. The quantitative estimate of drug-likeness (QED) is 0.481. The monoisotopic (exact) mass is 394 g/mol. The molecule has 5 nitrogen and oxygen atoms in total. The first-order chi connectivity index (χ1) is 14.6. The van der Waals surface area contributed by atoms with Crippen LogP contribution in [0.4, 0.5) is 0 Å². The number of carboxylic acids is 1. The second-order valence-corrected chi connectivity index (χ2v) is 6.65. The number of hydrogen-bond acceptors (Lipinski definition) is 4. The van der Waals surface area contributed by atoms with Crippen molar-refractivity contribution < 1.29 is 14.6 Å².